The van der Waals surface area contributed by atoms with Gasteiger partial charge in [0.25, 0.3) is 0 Å². The predicted molar refractivity (Wildman–Crippen MR) is 82.2 cm³/mol. The molecule has 0 fully saturated rings. The Kier molecular flexibility index (Phi) is 5.72. The molecule has 1 N–H and O–H groups in total. The van der Waals surface area contributed by atoms with E-state index in [-0.39, 0.29) is 5.97 Å². The van der Waals surface area contributed by atoms with Crippen LogP contribution in [-0.2, 0) is 16.0 Å². The number of rotatable bonds is 6. The molecule has 1 aromatic rings. The molecule has 0 aliphatic carbocycles. The molecular formula is C16H22ClNO2. The first-order valence-electron chi connectivity index (χ1n) is 7.37. The Hall–Kier alpha value is -1.22. The van der Waals surface area contributed by atoms with E-state index in [1.807, 2.05) is 18.2 Å². The topological polar surface area (TPSA) is 38.3 Å². The number of carbonyl (C=O) groups excluding carboxylic acids is 1. The molecule has 20 heavy (non-hydrogen) atoms. The minimum absolute atomic E-state index is 0.0738. The maximum Gasteiger partial charge on any atom is 0.305 e. The van der Waals surface area contributed by atoms with Crippen LogP contribution < -0.4 is 5.32 Å². The molecule has 1 aliphatic rings. The second-order valence-electron chi connectivity index (χ2n) is 5.39. The van der Waals surface area contributed by atoms with Crippen LogP contribution in [0.5, 0.6) is 0 Å². The summed E-state index contributed by atoms with van der Waals surface area (Å²) in [6.45, 7) is 3.46. The van der Waals surface area contributed by atoms with E-state index in [0.29, 0.717) is 18.9 Å². The molecule has 0 spiro atoms. The van der Waals surface area contributed by atoms with Crippen molar-refractivity contribution < 1.29 is 9.53 Å². The Morgan fingerprint density at radius 1 is 1.45 bits per heavy atom. The number of benzene rings is 1. The van der Waals surface area contributed by atoms with E-state index >= 15 is 0 Å². The number of carbonyl (C=O) groups is 1. The molecule has 1 unspecified atom stereocenters. The summed E-state index contributed by atoms with van der Waals surface area (Å²) in [6, 6.07) is 5.88. The van der Waals surface area contributed by atoms with Gasteiger partial charge >= 0.3 is 5.97 Å². The molecule has 1 heterocycles. The lowest BCUT2D eigenvalue weighted by molar-refractivity contribution is -0.145. The smallest absolute Gasteiger partial charge is 0.305 e. The van der Waals surface area contributed by atoms with E-state index in [1.54, 1.807) is 0 Å². The Balaban J connectivity index is 1.77. The van der Waals surface area contributed by atoms with Gasteiger partial charge in [-0.2, -0.15) is 0 Å². The summed E-state index contributed by atoms with van der Waals surface area (Å²) in [5, 5.41) is 4.12. The fraction of sp³-hybridized carbons (Fsp3) is 0.562. The second kappa shape index (κ2) is 7.53. The number of esters is 1. The molecule has 1 atom stereocenters. The molecule has 0 aromatic heterocycles. The molecule has 0 saturated carbocycles. The van der Waals surface area contributed by atoms with Crippen molar-refractivity contribution in [1.82, 2.24) is 0 Å². The van der Waals surface area contributed by atoms with Crippen LogP contribution in [0.4, 0.5) is 5.69 Å². The maximum absolute atomic E-state index is 11.6. The minimum Gasteiger partial charge on any atom is -0.465 e. The summed E-state index contributed by atoms with van der Waals surface area (Å²) in [5.74, 6) is 0.256. The molecule has 1 aromatic carbocycles. The Labute approximate surface area is 125 Å². The molecule has 0 amide bonds. The Morgan fingerprint density at radius 2 is 2.30 bits per heavy atom. The minimum atomic E-state index is -0.0738. The third kappa shape index (κ3) is 4.41. The zero-order valence-electron chi connectivity index (χ0n) is 12.0. The van der Waals surface area contributed by atoms with Crippen molar-refractivity contribution in [2.45, 2.75) is 39.0 Å². The first kappa shape index (κ1) is 15.2. The zero-order valence-corrected chi connectivity index (χ0v) is 12.7. The third-order valence-corrected chi connectivity index (χ3v) is 3.86. The van der Waals surface area contributed by atoms with E-state index in [4.69, 9.17) is 16.3 Å². The van der Waals surface area contributed by atoms with Crippen LogP contribution in [0, 0.1) is 5.92 Å². The fourth-order valence-electron chi connectivity index (χ4n) is 2.46. The van der Waals surface area contributed by atoms with Gasteiger partial charge in [-0.1, -0.05) is 31.4 Å². The van der Waals surface area contributed by atoms with Crippen LogP contribution in [0.1, 0.15) is 38.2 Å². The molecule has 0 saturated heterocycles. The average Bonchev–Trinajstić information content (AvgIpc) is 2.45. The van der Waals surface area contributed by atoms with Crippen molar-refractivity contribution in [3.63, 3.8) is 0 Å². The van der Waals surface area contributed by atoms with Crippen molar-refractivity contribution in [3.05, 3.63) is 28.8 Å². The summed E-state index contributed by atoms with van der Waals surface area (Å²) >= 11 is 6.01. The van der Waals surface area contributed by atoms with Gasteiger partial charge in [0.15, 0.2) is 0 Å². The number of ether oxygens (including phenoxy) is 1. The number of halogens is 1. The summed E-state index contributed by atoms with van der Waals surface area (Å²) in [7, 11) is 0. The molecule has 1 aliphatic heterocycles. The third-order valence-electron chi connectivity index (χ3n) is 3.62. The summed E-state index contributed by atoms with van der Waals surface area (Å²) in [5.41, 5.74) is 2.34. The van der Waals surface area contributed by atoms with E-state index in [0.717, 1.165) is 42.9 Å². The van der Waals surface area contributed by atoms with Gasteiger partial charge in [0.05, 0.1) is 6.61 Å². The Morgan fingerprint density at radius 3 is 3.10 bits per heavy atom. The molecule has 4 heteroatoms. The van der Waals surface area contributed by atoms with Gasteiger partial charge in [0, 0.05) is 29.6 Å². The largest absolute Gasteiger partial charge is 0.465 e. The number of hydrogen-bond donors (Lipinski definition) is 1. The number of anilines is 1. The maximum atomic E-state index is 11.6. The number of hydrogen-bond acceptors (Lipinski definition) is 3. The highest BCUT2D eigenvalue weighted by Gasteiger charge is 2.19. The lowest BCUT2D eigenvalue weighted by atomic mass is 9.95. The van der Waals surface area contributed by atoms with Crippen LogP contribution >= 0.6 is 11.6 Å². The predicted octanol–water partition coefficient (Wildman–Crippen LogP) is 4.05. The molecule has 110 valence electrons. The van der Waals surface area contributed by atoms with Crippen LogP contribution in [0.3, 0.4) is 0 Å². The Bertz CT molecular complexity index is 462. The number of unbranched alkanes of at least 4 members (excludes halogenated alkanes) is 2. The second-order valence-corrected chi connectivity index (χ2v) is 5.83. The van der Waals surface area contributed by atoms with Crippen molar-refractivity contribution >= 4 is 23.3 Å². The van der Waals surface area contributed by atoms with Gasteiger partial charge in [0.1, 0.15) is 0 Å². The zero-order chi connectivity index (χ0) is 14.4. The first-order chi connectivity index (χ1) is 9.69. The highest BCUT2D eigenvalue weighted by molar-refractivity contribution is 6.30. The van der Waals surface area contributed by atoms with Gasteiger partial charge in [-0.25, -0.2) is 0 Å². The van der Waals surface area contributed by atoms with E-state index in [1.165, 1.54) is 5.56 Å². The summed E-state index contributed by atoms with van der Waals surface area (Å²) in [4.78, 5) is 11.6. The standard InChI is InChI=1S/C16H22ClNO2/c1-2-3-4-5-16(19)20-11-12-8-13-9-14(17)6-7-15(13)18-10-12/h6-7,9,12,18H,2-5,8,10-11H2,1H3. The number of nitrogens with one attached hydrogen (secondary N) is 1. The van der Waals surface area contributed by atoms with Crippen molar-refractivity contribution in [2.24, 2.45) is 5.92 Å². The van der Waals surface area contributed by atoms with Crippen molar-refractivity contribution in [3.8, 4) is 0 Å². The first-order valence-corrected chi connectivity index (χ1v) is 7.74. The lowest BCUT2D eigenvalue weighted by Gasteiger charge is -2.26. The quantitative estimate of drug-likeness (QED) is 0.635. The van der Waals surface area contributed by atoms with Crippen molar-refractivity contribution in [2.75, 3.05) is 18.5 Å². The highest BCUT2D eigenvalue weighted by atomic mass is 35.5. The molecule has 0 radical (unpaired) electrons. The molecule has 3 nitrogen and oxygen atoms in total. The van der Waals surface area contributed by atoms with Crippen LogP contribution in [0.25, 0.3) is 0 Å². The summed E-state index contributed by atoms with van der Waals surface area (Å²) in [6.07, 6.45) is 4.58. The van der Waals surface area contributed by atoms with E-state index < -0.39 is 0 Å². The van der Waals surface area contributed by atoms with Gasteiger partial charge in [-0.3, -0.25) is 4.79 Å². The fourth-order valence-corrected chi connectivity index (χ4v) is 2.66. The van der Waals surface area contributed by atoms with Crippen LogP contribution in [0.15, 0.2) is 18.2 Å². The molecular weight excluding hydrogens is 274 g/mol. The molecule has 2 rings (SSSR count). The highest BCUT2D eigenvalue weighted by Crippen LogP contribution is 2.27. The SMILES string of the molecule is CCCCCC(=O)OCC1CNc2ccc(Cl)cc2C1. The summed E-state index contributed by atoms with van der Waals surface area (Å²) < 4.78 is 5.36. The van der Waals surface area contributed by atoms with E-state index in [2.05, 4.69) is 12.2 Å². The van der Waals surface area contributed by atoms with Crippen LogP contribution in [-0.4, -0.2) is 19.1 Å². The van der Waals surface area contributed by atoms with Gasteiger partial charge in [-0.05, 0) is 36.6 Å². The van der Waals surface area contributed by atoms with Gasteiger partial charge < -0.3 is 10.1 Å². The van der Waals surface area contributed by atoms with Crippen molar-refractivity contribution in [1.29, 1.82) is 0 Å². The van der Waals surface area contributed by atoms with Crippen LogP contribution in [0.2, 0.25) is 5.02 Å². The normalized spacial score (nSPS) is 17.2. The molecule has 0 bridgehead atoms. The number of fused-ring (bicyclic) bond motifs is 1. The monoisotopic (exact) mass is 295 g/mol. The van der Waals surface area contributed by atoms with E-state index in [9.17, 15) is 4.79 Å². The lowest BCUT2D eigenvalue weighted by Crippen LogP contribution is -2.28. The van der Waals surface area contributed by atoms with Gasteiger partial charge in [0.2, 0.25) is 0 Å². The average molecular weight is 296 g/mol. The van der Waals surface area contributed by atoms with Gasteiger partial charge in [-0.15, -0.1) is 0 Å².